The molecule has 2 unspecified atom stereocenters. The van der Waals surface area contributed by atoms with Crippen molar-refractivity contribution in [1.82, 2.24) is 20.7 Å². The van der Waals surface area contributed by atoms with Gasteiger partial charge in [-0.2, -0.15) is 0 Å². The first-order valence-corrected chi connectivity index (χ1v) is 13.1. The summed E-state index contributed by atoms with van der Waals surface area (Å²) in [6.07, 6.45) is 1.81. The molecule has 0 saturated carbocycles. The molecule has 1 heterocycles. The Bertz CT molecular complexity index is 1070. The second-order valence-corrected chi connectivity index (χ2v) is 10.6. The van der Waals surface area contributed by atoms with Gasteiger partial charge in [-0.1, -0.05) is 60.7 Å². The van der Waals surface area contributed by atoms with Gasteiger partial charge in [0.1, 0.15) is 6.04 Å². The zero-order valence-corrected chi connectivity index (χ0v) is 22.9. The van der Waals surface area contributed by atoms with E-state index in [4.69, 9.17) is 10.5 Å². The quantitative estimate of drug-likeness (QED) is 0.387. The zero-order chi connectivity index (χ0) is 27.8. The summed E-state index contributed by atoms with van der Waals surface area (Å²) in [7, 11) is 3.39. The average Bonchev–Trinajstić information content (AvgIpc) is 2.91. The Morgan fingerprint density at radius 2 is 1.68 bits per heavy atom. The molecule has 2 atom stereocenters. The van der Waals surface area contributed by atoms with Crippen LogP contribution in [0.1, 0.15) is 37.8 Å². The van der Waals surface area contributed by atoms with Crippen LogP contribution in [0.25, 0.3) is 0 Å². The van der Waals surface area contributed by atoms with E-state index in [0.717, 1.165) is 11.1 Å². The van der Waals surface area contributed by atoms with Crippen molar-refractivity contribution in [3.63, 3.8) is 0 Å². The van der Waals surface area contributed by atoms with E-state index in [0.29, 0.717) is 32.4 Å². The van der Waals surface area contributed by atoms with Gasteiger partial charge in [0.2, 0.25) is 17.7 Å². The van der Waals surface area contributed by atoms with E-state index in [1.165, 1.54) is 5.01 Å². The molecule has 0 radical (unpaired) electrons. The number of hydrazine groups is 1. The number of piperidine rings is 1. The van der Waals surface area contributed by atoms with Crippen LogP contribution in [0.15, 0.2) is 60.7 Å². The van der Waals surface area contributed by atoms with Crippen molar-refractivity contribution < 1.29 is 19.1 Å². The number of benzene rings is 2. The van der Waals surface area contributed by atoms with Crippen LogP contribution in [0.5, 0.6) is 0 Å². The van der Waals surface area contributed by atoms with Crippen LogP contribution >= 0.6 is 0 Å². The summed E-state index contributed by atoms with van der Waals surface area (Å²) in [5.41, 5.74) is 8.94. The Labute approximate surface area is 225 Å². The molecule has 1 saturated heterocycles. The fraction of sp³-hybridized carbons (Fsp3) is 0.483. The zero-order valence-electron chi connectivity index (χ0n) is 22.9. The second-order valence-electron chi connectivity index (χ2n) is 10.6. The van der Waals surface area contributed by atoms with Gasteiger partial charge in [-0.15, -0.1) is 0 Å². The predicted octanol–water partition coefficient (Wildman–Crippen LogP) is 1.87. The van der Waals surface area contributed by atoms with E-state index in [1.54, 1.807) is 32.8 Å². The van der Waals surface area contributed by atoms with Gasteiger partial charge in [0, 0.05) is 27.2 Å². The molecule has 0 spiro atoms. The summed E-state index contributed by atoms with van der Waals surface area (Å²) < 4.78 is 5.87. The monoisotopic (exact) mass is 523 g/mol. The number of hydrogen-bond acceptors (Lipinski definition) is 6. The number of hydrogen-bond donors (Lipinski definition) is 3. The molecular formula is C29H41N5O4. The van der Waals surface area contributed by atoms with Gasteiger partial charge in [0.15, 0.2) is 0 Å². The third-order valence-electron chi connectivity index (χ3n) is 6.95. The van der Waals surface area contributed by atoms with Crippen LogP contribution in [0.2, 0.25) is 0 Å². The summed E-state index contributed by atoms with van der Waals surface area (Å²) in [5, 5.41) is 4.27. The van der Waals surface area contributed by atoms with Gasteiger partial charge >= 0.3 is 0 Å². The summed E-state index contributed by atoms with van der Waals surface area (Å²) in [4.78, 5) is 42.0. The Hall–Kier alpha value is -3.27. The van der Waals surface area contributed by atoms with E-state index in [1.807, 2.05) is 60.7 Å². The number of carbonyl (C=O) groups excluding carboxylic acids is 3. The lowest BCUT2D eigenvalue weighted by Crippen LogP contribution is -2.61. The summed E-state index contributed by atoms with van der Waals surface area (Å²) >= 11 is 0. The first-order valence-electron chi connectivity index (χ1n) is 13.1. The molecule has 0 aliphatic carbocycles. The highest BCUT2D eigenvalue weighted by atomic mass is 16.5. The van der Waals surface area contributed by atoms with Crippen LogP contribution in [-0.4, -0.2) is 73.0 Å². The average molecular weight is 524 g/mol. The van der Waals surface area contributed by atoms with Crippen molar-refractivity contribution in [3.8, 4) is 0 Å². The number of rotatable bonds is 11. The van der Waals surface area contributed by atoms with Crippen LogP contribution in [-0.2, 0) is 32.1 Å². The Morgan fingerprint density at radius 1 is 1.08 bits per heavy atom. The number of carbonyl (C=O) groups is 3. The highest BCUT2D eigenvalue weighted by Gasteiger charge is 2.46. The van der Waals surface area contributed by atoms with E-state index in [2.05, 4.69) is 10.7 Å². The molecule has 9 nitrogen and oxygen atoms in total. The molecule has 3 amide bonds. The van der Waals surface area contributed by atoms with Gasteiger partial charge < -0.3 is 20.7 Å². The largest absolute Gasteiger partial charge is 0.374 e. The van der Waals surface area contributed by atoms with Crippen molar-refractivity contribution in [1.29, 1.82) is 0 Å². The first-order chi connectivity index (χ1) is 18.1. The van der Waals surface area contributed by atoms with Crippen molar-refractivity contribution in [3.05, 3.63) is 71.8 Å². The SMILES string of the molecule is CNN(C)C(=O)C1(Cc2ccccc2)CCCN(C(=O)C(COCc2ccccc2)NC(=O)C(C)(C)N)C1. The summed E-state index contributed by atoms with van der Waals surface area (Å²) in [6, 6.07) is 18.5. The molecular weight excluding hydrogens is 482 g/mol. The smallest absolute Gasteiger partial charge is 0.247 e. The van der Waals surface area contributed by atoms with E-state index < -0.39 is 22.9 Å². The highest BCUT2D eigenvalue weighted by molar-refractivity contribution is 5.92. The molecule has 1 aliphatic heterocycles. The van der Waals surface area contributed by atoms with E-state index in [9.17, 15) is 14.4 Å². The van der Waals surface area contributed by atoms with Crippen LogP contribution < -0.4 is 16.5 Å². The lowest BCUT2D eigenvalue weighted by Gasteiger charge is -2.44. The number of nitrogens with two attached hydrogens (primary N) is 1. The first kappa shape index (κ1) is 29.3. The van der Waals surface area contributed by atoms with Crippen LogP contribution in [0.3, 0.4) is 0 Å². The minimum atomic E-state index is -1.16. The molecule has 4 N–H and O–H groups in total. The highest BCUT2D eigenvalue weighted by Crippen LogP contribution is 2.36. The maximum atomic E-state index is 13.9. The molecule has 3 rings (SSSR count). The fourth-order valence-electron chi connectivity index (χ4n) is 4.77. The molecule has 206 valence electrons. The second kappa shape index (κ2) is 13.0. The van der Waals surface area contributed by atoms with Crippen molar-refractivity contribution in [2.75, 3.05) is 33.8 Å². The molecule has 0 aromatic heterocycles. The predicted molar refractivity (Wildman–Crippen MR) is 147 cm³/mol. The Morgan fingerprint density at radius 3 is 2.26 bits per heavy atom. The van der Waals surface area contributed by atoms with E-state index in [-0.39, 0.29) is 25.0 Å². The maximum Gasteiger partial charge on any atom is 0.247 e. The molecule has 38 heavy (non-hydrogen) atoms. The molecule has 2 aromatic rings. The minimum Gasteiger partial charge on any atom is -0.374 e. The molecule has 1 aliphatic rings. The van der Waals surface area contributed by atoms with Crippen molar-refractivity contribution in [2.24, 2.45) is 11.1 Å². The third-order valence-corrected chi connectivity index (χ3v) is 6.95. The van der Waals surface area contributed by atoms with Gasteiger partial charge in [-0.25, -0.2) is 5.43 Å². The summed E-state index contributed by atoms with van der Waals surface area (Å²) in [5.74, 6) is -0.809. The number of amides is 3. The fourth-order valence-corrected chi connectivity index (χ4v) is 4.77. The molecule has 2 aromatic carbocycles. The summed E-state index contributed by atoms with van der Waals surface area (Å²) in [6.45, 7) is 4.20. The minimum absolute atomic E-state index is 0.0118. The van der Waals surface area contributed by atoms with Crippen molar-refractivity contribution in [2.45, 2.75) is 51.3 Å². The van der Waals surface area contributed by atoms with Gasteiger partial charge in [-0.05, 0) is 44.2 Å². The number of nitrogens with zero attached hydrogens (tertiary/aromatic N) is 2. The molecule has 1 fully saturated rings. The lowest BCUT2D eigenvalue weighted by atomic mass is 9.74. The van der Waals surface area contributed by atoms with Gasteiger partial charge in [-0.3, -0.25) is 19.4 Å². The topological polar surface area (TPSA) is 117 Å². The number of nitrogens with one attached hydrogen (secondary N) is 2. The van der Waals surface area contributed by atoms with Crippen molar-refractivity contribution >= 4 is 17.7 Å². The Kier molecular flexibility index (Phi) is 10.0. The van der Waals surface area contributed by atoms with Gasteiger partial charge in [0.05, 0.1) is 24.2 Å². The molecule has 0 bridgehead atoms. The van der Waals surface area contributed by atoms with Crippen LogP contribution in [0, 0.1) is 5.41 Å². The maximum absolute atomic E-state index is 13.9. The Balaban J connectivity index is 1.83. The normalized spacial score (nSPS) is 18.5. The standard InChI is InChI=1S/C29H41N5O4/c1-28(2,30)26(36)32-24(20-38-19-23-14-9-6-10-15-23)25(35)34-17-11-16-29(21-34,27(37)33(4)31-3)18-22-12-7-5-8-13-22/h5-10,12-15,24,31H,11,16-21,30H2,1-4H3,(H,32,36). The number of likely N-dealkylation sites (tertiary alicyclic amines) is 1. The van der Waals surface area contributed by atoms with E-state index >= 15 is 0 Å². The van der Waals surface area contributed by atoms with Gasteiger partial charge in [0.25, 0.3) is 0 Å². The third kappa shape index (κ3) is 7.63. The number of ether oxygens (including phenoxy) is 1. The lowest BCUT2D eigenvalue weighted by molar-refractivity contribution is -0.152. The van der Waals surface area contributed by atoms with Crippen LogP contribution in [0.4, 0.5) is 0 Å². The molecule has 9 heteroatoms.